The van der Waals surface area contributed by atoms with Crippen LogP contribution in [-0.2, 0) is 10.0 Å². The summed E-state index contributed by atoms with van der Waals surface area (Å²) in [5.74, 6) is 1.98. The molecule has 0 unspecified atom stereocenters. The topological polar surface area (TPSA) is 145 Å². The maximum absolute atomic E-state index is 11.5. The zero-order valence-electron chi connectivity index (χ0n) is 14.4. The van der Waals surface area contributed by atoms with E-state index in [0.717, 1.165) is 31.7 Å². The van der Waals surface area contributed by atoms with Crippen LogP contribution in [0.1, 0.15) is 49.2 Å². The van der Waals surface area contributed by atoms with Gasteiger partial charge in [0, 0.05) is 31.0 Å². The molecule has 11 heteroatoms. The van der Waals surface area contributed by atoms with Gasteiger partial charge in [-0.1, -0.05) is 5.16 Å². The SMILES string of the molecule is NS(=O)(=O)c1ccc(N2CCC(c3noc(C4CC4)n3)CC2)c([N+](=O)[O-])c1. The fraction of sp³-hybridized carbons (Fsp3) is 0.500. The number of primary sulfonamides is 1. The number of benzene rings is 1. The third kappa shape index (κ3) is 3.65. The number of sulfonamides is 1. The molecule has 10 nitrogen and oxygen atoms in total. The van der Waals surface area contributed by atoms with E-state index >= 15 is 0 Å². The molecule has 2 aliphatic rings. The van der Waals surface area contributed by atoms with Crippen LogP contribution >= 0.6 is 0 Å². The molecule has 4 rings (SSSR count). The minimum Gasteiger partial charge on any atom is -0.366 e. The highest BCUT2D eigenvalue weighted by atomic mass is 32.2. The van der Waals surface area contributed by atoms with Gasteiger partial charge in [-0.25, -0.2) is 13.6 Å². The molecule has 27 heavy (non-hydrogen) atoms. The van der Waals surface area contributed by atoms with Crippen molar-refractivity contribution < 1.29 is 17.9 Å². The van der Waals surface area contributed by atoms with Gasteiger partial charge < -0.3 is 9.42 Å². The second kappa shape index (κ2) is 6.57. The normalized spacial score (nSPS) is 18.6. The van der Waals surface area contributed by atoms with E-state index in [1.54, 1.807) is 0 Å². The predicted octanol–water partition coefficient (Wildman–Crippen LogP) is 1.89. The van der Waals surface area contributed by atoms with Gasteiger partial charge in [0.05, 0.1) is 9.82 Å². The molecule has 0 radical (unpaired) electrons. The molecule has 0 bridgehead atoms. The Bertz CT molecular complexity index is 977. The number of nitrogens with two attached hydrogens (primary N) is 1. The lowest BCUT2D eigenvalue weighted by Crippen LogP contribution is -2.33. The molecular weight excluding hydrogens is 374 g/mol. The summed E-state index contributed by atoms with van der Waals surface area (Å²) in [6.07, 6.45) is 3.66. The number of aromatic nitrogens is 2. The average Bonchev–Trinajstić information content (AvgIpc) is 3.37. The Morgan fingerprint density at radius 2 is 1.89 bits per heavy atom. The number of anilines is 1. The minimum atomic E-state index is -4.00. The molecular formula is C16H19N5O5S. The summed E-state index contributed by atoms with van der Waals surface area (Å²) in [7, 11) is -4.00. The molecule has 144 valence electrons. The molecule has 0 amide bonds. The third-order valence-corrected chi connectivity index (χ3v) is 5.97. The van der Waals surface area contributed by atoms with Crippen LogP contribution in [0.25, 0.3) is 0 Å². The summed E-state index contributed by atoms with van der Waals surface area (Å²) in [6, 6.07) is 3.75. The van der Waals surface area contributed by atoms with Crippen molar-refractivity contribution in [3.8, 4) is 0 Å². The Morgan fingerprint density at radius 3 is 2.48 bits per heavy atom. The van der Waals surface area contributed by atoms with Gasteiger partial charge in [-0.05, 0) is 37.8 Å². The van der Waals surface area contributed by atoms with Crippen molar-refractivity contribution in [3.05, 3.63) is 40.0 Å². The summed E-state index contributed by atoms with van der Waals surface area (Å²) in [6.45, 7) is 1.15. The van der Waals surface area contributed by atoms with Gasteiger partial charge in [0.25, 0.3) is 5.69 Å². The van der Waals surface area contributed by atoms with E-state index in [1.807, 2.05) is 4.90 Å². The van der Waals surface area contributed by atoms with E-state index in [9.17, 15) is 18.5 Å². The molecule has 1 aliphatic carbocycles. The Labute approximate surface area is 155 Å². The molecule has 1 saturated heterocycles. The molecule has 2 fully saturated rings. The number of rotatable bonds is 5. The van der Waals surface area contributed by atoms with E-state index < -0.39 is 14.9 Å². The lowest BCUT2D eigenvalue weighted by molar-refractivity contribution is -0.384. The number of nitro groups is 1. The van der Waals surface area contributed by atoms with Gasteiger partial charge >= 0.3 is 0 Å². The minimum absolute atomic E-state index is 0.153. The highest BCUT2D eigenvalue weighted by Gasteiger charge is 2.33. The summed E-state index contributed by atoms with van der Waals surface area (Å²) >= 11 is 0. The van der Waals surface area contributed by atoms with Crippen LogP contribution in [0.2, 0.25) is 0 Å². The summed E-state index contributed by atoms with van der Waals surface area (Å²) < 4.78 is 28.3. The Hall–Kier alpha value is -2.53. The van der Waals surface area contributed by atoms with Gasteiger partial charge in [-0.3, -0.25) is 10.1 Å². The monoisotopic (exact) mass is 393 g/mol. The van der Waals surface area contributed by atoms with Crippen molar-refractivity contribution in [2.24, 2.45) is 5.14 Å². The molecule has 2 heterocycles. The maximum Gasteiger partial charge on any atom is 0.293 e. The molecule has 2 N–H and O–H groups in total. The first kappa shape index (κ1) is 17.9. The number of hydrogen-bond donors (Lipinski definition) is 1. The van der Waals surface area contributed by atoms with E-state index in [1.165, 1.54) is 12.1 Å². The zero-order valence-corrected chi connectivity index (χ0v) is 15.3. The van der Waals surface area contributed by atoms with Crippen LogP contribution in [0.4, 0.5) is 11.4 Å². The zero-order chi connectivity index (χ0) is 19.2. The van der Waals surface area contributed by atoms with Crippen LogP contribution in [0.3, 0.4) is 0 Å². The molecule has 1 saturated carbocycles. The largest absolute Gasteiger partial charge is 0.366 e. The maximum atomic E-state index is 11.5. The Kier molecular flexibility index (Phi) is 4.35. The van der Waals surface area contributed by atoms with Gasteiger partial charge in [0.15, 0.2) is 5.82 Å². The smallest absolute Gasteiger partial charge is 0.293 e. The van der Waals surface area contributed by atoms with Crippen molar-refractivity contribution in [3.63, 3.8) is 0 Å². The first-order chi connectivity index (χ1) is 12.8. The second-order valence-corrected chi connectivity index (χ2v) is 8.54. The molecule has 2 aromatic rings. The molecule has 1 aromatic carbocycles. The van der Waals surface area contributed by atoms with Crippen molar-refractivity contribution in [2.75, 3.05) is 18.0 Å². The van der Waals surface area contributed by atoms with Crippen LogP contribution in [0, 0.1) is 10.1 Å². The molecule has 0 atom stereocenters. The number of hydrogen-bond acceptors (Lipinski definition) is 8. The van der Waals surface area contributed by atoms with Gasteiger partial charge in [-0.2, -0.15) is 4.98 Å². The van der Waals surface area contributed by atoms with Crippen molar-refractivity contribution in [1.29, 1.82) is 0 Å². The predicted molar refractivity (Wildman–Crippen MR) is 94.9 cm³/mol. The first-order valence-electron chi connectivity index (χ1n) is 8.72. The first-order valence-corrected chi connectivity index (χ1v) is 10.3. The Morgan fingerprint density at radius 1 is 1.19 bits per heavy atom. The molecule has 1 aliphatic heterocycles. The van der Waals surface area contributed by atoms with Gasteiger partial charge in [0.2, 0.25) is 15.9 Å². The van der Waals surface area contributed by atoms with Gasteiger partial charge in [-0.15, -0.1) is 0 Å². The second-order valence-electron chi connectivity index (χ2n) is 6.98. The van der Waals surface area contributed by atoms with Crippen LogP contribution in [-0.4, -0.2) is 36.6 Å². The van der Waals surface area contributed by atoms with Crippen molar-refractivity contribution >= 4 is 21.4 Å². The number of piperidine rings is 1. The van der Waals surface area contributed by atoms with E-state index in [-0.39, 0.29) is 16.5 Å². The van der Waals surface area contributed by atoms with E-state index in [4.69, 9.17) is 9.66 Å². The van der Waals surface area contributed by atoms with Crippen LogP contribution in [0.15, 0.2) is 27.6 Å². The number of nitrogens with zero attached hydrogens (tertiary/aromatic N) is 4. The summed E-state index contributed by atoms with van der Waals surface area (Å²) in [5, 5.41) is 20.6. The van der Waals surface area contributed by atoms with Crippen molar-refractivity contribution in [2.45, 2.75) is 42.4 Å². The summed E-state index contributed by atoms with van der Waals surface area (Å²) in [5.41, 5.74) is 0.119. The molecule has 0 spiro atoms. The third-order valence-electron chi connectivity index (χ3n) is 5.06. The molecule has 1 aromatic heterocycles. The van der Waals surface area contributed by atoms with Crippen LogP contribution < -0.4 is 10.0 Å². The lowest BCUT2D eigenvalue weighted by Gasteiger charge is -2.32. The fourth-order valence-corrected chi connectivity index (χ4v) is 3.92. The quantitative estimate of drug-likeness (QED) is 0.598. The highest BCUT2D eigenvalue weighted by molar-refractivity contribution is 7.89. The fourth-order valence-electron chi connectivity index (χ4n) is 3.38. The lowest BCUT2D eigenvalue weighted by atomic mass is 9.95. The van der Waals surface area contributed by atoms with Crippen molar-refractivity contribution in [1.82, 2.24) is 10.1 Å². The van der Waals surface area contributed by atoms with E-state index in [0.29, 0.717) is 36.4 Å². The number of nitro benzene ring substituents is 1. The van der Waals surface area contributed by atoms with E-state index in [2.05, 4.69) is 10.1 Å². The van der Waals surface area contributed by atoms with Crippen LogP contribution in [0.5, 0.6) is 0 Å². The summed E-state index contributed by atoms with van der Waals surface area (Å²) in [4.78, 5) is 16.9. The highest BCUT2D eigenvalue weighted by Crippen LogP contribution is 2.40. The standard InChI is InChI=1S/C16H19N5O5S/c17-27(24,25)12-3-4-13(14(9-12)21(22)23)20-7-5-10(6-8-20)15-18-16(26-19-15)11-1-2-11/h3-4,9-11H,1-2,5-8H2,(H2,17,24,25). The average molecular weight is 393 g/mol. The Balaban J connectivity index is 1.50. The van der Waals surface area contributed by atoms with Gasteiger partial charge in [0.1, 0.15) is 5.69 Å².